The van der Waals surface area contributed by atoms with Crippen molar-refractivity contribution >= 4 is 44.7 Å². The zero-order chi connectivity index (χ0) is 25.5. The number of carbonyl (C=O) groups excluding carboxylic acids is 1. The summed E-state index contributed by atoms with van der Waals surface area (Å²) in [5.74, 6) is 0.470. The van der Waals surface area contributed by atoms with Crippen molar-refractivity contribution in [2.45, 2.75) is 38.8 Å². The molecule has 0 aromatic carbocycles. The van der Waals surface area contributed by atoms with Crippen LogP contribution in [0.2, 0.25) is 5.15 Å². The normalized spacial score (nSPS) is 17.1. The maximum absolute atomic E-state index is 13.4. The molecule has 0 bridgehead atoms. The summed E-state index contributed by atoms with van der Waals surface area (Å²) in [6.45, 7) is 5.56. The van der Waals surface area contributed by atoms with Crippen molar-refractivity contribution in [2.75, 3.05) is 36.0 Å². The third-order valence-electron chi connectivity index (χ3n) is 6.06. The predicted octanol–water partition coefficient (Wildman–Crippen LogP) is 2.22. The van der Waals surface area contributed by atoms with Crippen LogP contribution in [0.5, 0.6) is 0 Å². The number of nitrogens with zero attached hydrogens (tertiary/aromatic N) is 6. The molecule has 3 aromatic heterocycles. The van der Waals surface area contributed by atoms with Crippen molar-refractivity contribution in [1.29, 1.82) is 0 Å². The van der Waals surface area contributed by atoms with Gasteiger partial charge in [-0.3, -0.25) is 9.52 Å². The average molecular weight is 521 g/mol. The van der Waals surface area contributed by atoms with E-state index in [0.29, 0.717) is 17.8 Å². The molecule has 0 spiro atoms. The van der Waals surface area contributed by atoms with Crippen molar-refractivity contribution in [3.63, 3.8) is 0 Å². The van der Waals surface area contributed by atoms with Crippen LogP contribution in [0.25, 0.3) is 5.65 Å². The number of pyridine rings is 1. The van der Waals surface area contributed by atoms with Crippen LogP contribution in [0.1, 0.15) is 47.4 Å². The van der Waals surface area contributed by atoms with E-state index in [4.69, 9.17) is 27.4 Å². The zero-order valence-electron chi connectivity index (χ0n) is 20.1. The molecule has 0 aliphatic carbocycles. The van der Waals surface area contributed by atoms with Crippen LogP contribution in [-0.2, 0) is 10.0 Å². The van der Waals surface area contributed by atoms with Crippen LogP contribution in [0.4, 0.5) is 11.5 Å². The number of sulfonamides is 1. The number of fused-ring (bicyclic) bond motifs is 1. The molecule has 1 saturated heterocycles. The number of nitrogens with two attached hydrogens (primary N) is 1. The lowest BCUT2D eigenvalue weighted by atomic mass is 10.1. The minimum absolute atomic E-state index is 0.0596. The summed E-state index contributed by atoms with van der Waals surface area (Å²) in [6.07, 6.45) is 5.67. The Labute approximate surface area is 209 Å². The maximum atomic E-state index is 13.4. The first-order valence-corrected chi connectivity index (χ1v) is 13.5. The number of aryl methyl sites for hydroxylation is 1. The second kappa shape index (κ2) is 9.59. The molecule has 4 rings (SSSR count). The highest BCUT2D eigenvalue weighted by Gasteiger charge is 2.28. The molecular weight excluding hydrogens is 492 g/mol. The SMILES string of the molecule is CC[C@@H](c1cc2nc(N3CC[C@H](N)C3)c(C)cn2n1)N(C)C(=O)c1cc(Cl)ncc1NS(C)(=O)=O. The van der Waals surface area contributed by atoms with Crippen molar-refractivity contribution < 1.29 is 13.2 Å². The van der Waals surface area contributed by atoms with Gasteiger partial charge in [0.2, 0.25) is 10.0 Å². The fraction of sp³-hybridized carbons (Fsp3) is 0.455. The van der Waals surface area contributed by atoms with Crippen molar-refractivity contribution in [3.05, 3.63) is 46.5 Å². The van der Waals surface area contributed by atoms with Crippen LogP contribution in [-0.4, -0.2) is 71.2 Å². The van der Waals surface area contributed by atoms with Gasteiger partial charge in [0.05, 0.1) is 35.4 Å². The van der Waals surface area contributed by atoms with Gasteiger partial charge in [-0.25, -0.2) is 22.9 Å². The Morgan fingerprint density at radius 2 is 2.14 bits per heavy atom. The second-order valence-electron chi connectivity index (χ2n) is 8.88. The molecule has 3 aromatic rings. The Balaban J connectivity index is 1.66. The highest BCUT2D eigenvalue weighted by atomic mass is 35.5. The monoisotopic (exact) mass is 520 g/mol. The molecule has 0 unspecified atom stereocenters. The van der Waals surface area contributed by atoms with Gasteiger partial charge < -0.3 is 15.5 Å². The number of amides is 1. The molecule has 2 atom stereocenters. The molecule has 0 saturated carbocycles. The second-order valence-corrected chi connectivity index (χ2v) is 11.0. The predicted molar refractivity (Wildman–Crippen MR) is 135 cm³/mol. The standard InChI is InChI=1S/C22H29ClN8O3S/c1-5-18(29(3)22(32)15-8-19(23)25-10-17(15)28-35(4,33)34)16-9-20-26-21(13(2)11-31(20)27-16)30-7-6-14(24)12-30/h8-11,14,18,28H,5-7,12,24H2,1-4H3/t14-,18-/m0/s1. The smallest absolute Gasteiger partial charge is 0.256 e. The van der Waals surface area contributed by atoms with E-state index in [2.05, 4.69) is 14.6 Å². The highest BCUT2D eigenvalue weighted by Crippen LogP contribution is 2.29. The number of hydrogen-bond acceptors (Lipinski definition) is 8. The molecule has 0 radical (unpaired) electrons. The fourth-order valence-corrected chi connectivity index (χ4v) is 5.10. The van der Waals surface area contributed by atoms with E-state index in [1.54, 1.807) is 11.6 Å². The summed E-state index contributed by atoms with van der Waals surface area (Å²) in [6, 6.07) is 2.97. The summed E-state index contributed by atoms with van der Waals surface area (Å²) < 4.78 is 27.6. The molecule has 1 aliphatic heterocycles. The summed E-state index contributed by atoms with van der Waals surface area (Å²) in [4.78, 5) is 25.9. The first kappa shape index (κ1) is 25.1. The molecule has 1 aliphatic rings. The van der Waals surface area contributed by atoms with Crippen molar-refractivity contribution in [3.8, 4) is 0 Å². The summed E-state index contributed by atoms with van der Waals surface area (Å²) >= 11 is 6.02. The minimum atomic E-state index is -3.63. The third kappa shape index (κ3) is 5.34. The fourth-order valence-electron chi connectivity index (χ4n) is 4.38. The molecule has 1 amide bonds. The van der Waals surface area contributed by atoms with Gasteiger partial charge in [0.25, 0.3) is 5.91 Å². The number of carbonyl (C=O) groups is 1. The van der Waals surface area contributed by atoms with Crippen LogP contribution >= 0.6 is 11.6 Å². The zero-order valence-corrected chi connectivity index (χ0v) is 21.6. The lowest BCUT2D eigenvalue weighted by Crippen LogP contribution is -2.32. The number of nitrogens with one attached hydrogen (secondary N) is 1. The van der Waals surface area contributed by atoms with Gasteiger partial charge in [-0.05, 0) is 25.8 Å². The molecule has 1 fully saturated rings. The molecular formula is C22H29ClN8O3S. The van der Waals surface area contributed by atoms with Crippen LogP contribution < -0.4 is 15.4 Å². The van der Waals surface area contributed by atoms with Crippen molar-refractivity contribution in [2.24, 2.45) is 5.73 Å². The number of aromatic nitrogens is 4. The largest absolute Gasteiger partial charge is 0.355 e. The van der Waals surface area contributed by atoms with E-state index >= 15 is 0 Å². The number of anilines is 2. The Morgan fingerprint density at radius 3 is 2.77 bits per heavy atom. The first-order chi connectivity index (χ1) is 16.5. The topological polar surface area (TPSA) is 139 Å². The molecule has 11 nitrogen and oxygen atoms in total. The maximum Gasteiger partial charge on any atom is 0.256 e. The number of halogens is 1. The lowest BCUT2D eigenvalue weighted by molar-refractivity contribution is 0.0723. The molecule has 188 valence electrons. The Kier molecular flexibility index (Phi) is 6.89. The van der Waals surface area contributed by atoms with E-state index in [0.717, 1.165) is 37.1 Å². The van der Waals surface area contributed by atoms with Gasteiger partial charge in [-0.1, -0.05) is 18.5 Å². The number of rotatable bonds is 7. The Hall–Kier alpha value is -2.96. The van der Waals surface area contributed by atoms with E-state index in [1.165, 1.54) is 17.2 Å². The van der Waals surface area contributed by atoms with E-state index in [1.807, 2.05) is 26.1 Å². The summed E-state index contributed by atoms with van der Waals surface area (Å²) in [7, 11) is -1.98. The highest BCUT2D eigenvalue weighted by molar-refractivity contribution is 7.92. The van der Waals surface area contributed by atoms with Gasteiger partial charge in [0.15, 0.2) is 5.65 Å². The molecule has 35 heavy (non-hydrogen) atoms. The minimum Gasteiger partial charge on any atom is -0.355 e. The third-order valence-corrected chi connectivity index (χ3v) is 6.86. The Bertz CT molecular complexity index is 1380. The van der Waals surface area contributed by atoms with Gasteiger partial charge in [0.1, 0.15) is 11.0 Å². The average Bonchev–Trinajstić information content (AvgIpc) is 3.39. The molecule has 4 heterocycles. The van der Waals surface area contributed by atoms with Gasteiger partial charge in [-0.15, -0.1) is 0 Å². The molecule has 3 N–H and O–H groups in total. The van der Waals surface area contributed by atoms with Crippen LogP contribution in [0, 0.1) is 6.92 Å². The first-order valence-electron chi connectivity index (χ1n) is 11.2. The van der Waals surface area contributed by atoms with E-state index in [9.17, 15) is 13.2 Å². The van der Waals surface area contributed by atoms with Crippen LogP contribution in [0.3, 0.4) is 0 Å². The lowest BCUT2D eigenvalue weighted by Gasteiger charge is -2.26. The summed E-state index contributed by atoms with van der Waals surface area (Å²) in [5, 5.41) is 4.77. The van der Waals surface area contributed by atoms with Gasteiger partial charge in [0, 0.05) is 44.0 Å². The van der Waals surface area contributed by atoms with Crippen molar-refractivity contribution in [1.82, 2.24) is 24.5 Å². The number of hydrogen-bond donors (Lipinski definition) is 2. The van der Waals surface area contributed by atoms with Gasteiger partial charge in [-0.2, -0.15) is 5.10 Å². The summed E-state index contributed by atoms with van der Waals surface area (Å²) in [5.41, 5.74) is 8.56. The van der Waals surface area contributed by atoms with E-state index < -0.39 is 15.9 Å². The van der Waals surface area contributed by atoms with Crippen LogP contribution in [0.15, 0.2) is 24.5 Å². The Morgan fingerprint density at radius 1 is 1.40 bits per heavy atom. The quantitative estimate of drug-likeness (QED) is 0.452. The van der Waals surface area contributed by atoms with E-state index in [-0.39, 0.29) is 28.5 Å². The van der Waals surface area contributed by atoms with Gasteiger partial charge >= 0.3 is 0 Å². The molecule has 13 heteroatoms.